The summed E-state index contributed by atoms with van der Waals surface area (Å²) in [6.45, 7) is 9.57. The minimum Gasteiger partial charge on any atom is -0.379 e. The maximum Gasteiger partial charge on any atom is 0.261 e. The lowest BCUT2D eigenvalue weighted by Gasteiger charge is -2.13. The zero-order chi connectivity index (χ0) is 27.1. The number of imide groups is 1. The normalized spacial score (nSPS) is 13.0. The number of carbonyl (C=O) groups is 2. The van der Waals surface area contributed by atoms with Crippen molar-refractivity contribution in [3.8, 4) is 0 Å². The summed E-state index contributed by atoms with van der Waals surface area (Å²) in [6.07, 6.45) is 4.87. The molecule has 2 rings (SSSR count). The molecule has 1 heterocycles. The first-order valence-electron chi connectivity index (χ1n) is 13.7. The van der Waals surface area contributed by atoms with Gasteiger partial charge in [-0.15, -0.1) is 0 Å². The maximum absolute atomic E-state index is 12.3. The number of amides is 2. The van der Waals surface area contributed by atoms with Crippen LogP contribution in [0.15, 0.2) is 24.3 Å². The number of fused-ring (bicyclic) bond motifs is 1. The highest BCUT2D eigenvalue weighted by atomic mass is 16.6. The third-order valence-electron chi connectivity index (χ3n) is 5.71. The number of hydrogen-bond acceptors (Lipinski definition) is 9. The van der Waals surface area contributed by atoms with Gasteiger partial charge in [-0.25, -0.2) is 0 Å². The number of hydrogen-bond donors (Lipinski definition) is 0. The van der Waals surface area contributed by atoms with E-state index in [1.54, 1.807) is 24.3 Å². The van der Waals surface area contributed by atoms with Gasteiger partial charge >= 0.3 is 0 Å². The minimum atomic E-state index is -0.269. The molecule has 0 aromatic heterocycles. The number of carbonyl (C=O) groups excluding carboxylic acids is 2. The lowest BCUT2D eigenvalue weighted by molar-refractivity contribution is -0.0208. The third-order valence-corrected chi connectivity index (χ3v) is 5.71. The largest absolute Gasteiger partial charge is 0.379 e. The highest BCUT2D eigenvalue weighted by Crippen LogP contribution is 2.21. The minimum absolute atomic E-state index is 0.225. The van der Waals surface area contributed by atoms with E-state index in [0.717, 1.165) is 13.0 Å². The van der Waals surface area contributed by atoms with Crippen molar-refractivity contribution in [1.82, 2.24) is 4.90 Å². The summed E-state index contributed by atoms with van der Waals surface area (Å²) in [5, 5.41) is 0. The van der Waals surface area contributed by atoms with Crippen molar-refractivity contribution >= 4 is 11.8 Å². The molecule has 1 aliphatic rings. The van der Waals surface area contributed by atoms with Gasteiger partial charge in [0.05, 0.1) is 104 Å². The number of unbranched alkanes of at least 4 members (excludes halogenated alkanes) is 3. The number of benzene rings is 1. The molecule has 10 nitrogen and oxygen atoms in total. The van der Waals surface area contributed by atoms with Gasteiger partial charge < -0.3 is 33.2 Å². The molecule has 0 atom stereocenters. The van der Waals surface area contributed by atoms with Crippen molar-refractivity contribution in [3.05, 3.63) is 35.4 Å². The van der Waals surface area contributed by atoms with Gasteiger partial charge in [0.1, 0.15) is 0 Å². The second kappa shape index (κ2) is 22.0. The first kappa shape index (κ1) is 32.3. The van der Waals surface area contributed by atoms with Crippen LogP contribution in [0.25, 0.3) is 0 Å². The van der Waals surface area contributed by atoms with Gasteiger partial charge in [0.2, 0.25) is 0 Å². The third kappa shape index (κ3) is 13.7. The molecule has 0 spiro atoms. The first-order chi connectivity index (χ1) is 18.8. The predicted octanol–water partition coefficient (Wildman–Crippen LogP) is 2.98. The van der Waals surface area contributed by atoms with E-state index in [1.807, 2.05) is 0 Å². The second-order valence-electron chi connectivity index (χ2n) is 8.65. The number of nitrogens with zero attached hydrogens (tertiary/aromatic N) is 1. The van der Waals surface area contributed by atoms with Crippen LogP contribution in [0.2, 0.25) is 0 Å². The van der Waals surface area contributed by atoms with E-state index in [2.05, 4.69) is 6.92 Å². The monoisotopic (exact) mass is 539 g/mol. The average molecular weight is 540 g/mol. The Hall–Kier alpha value is -1.92. The summed E-state index contributed by atoms with van der Waals surface area (Å²) in [5.41, 5.74) is 0.899. The summed E-state index contributed by atoms with van der Waals surface area (Å²) < 4.78 is 38.3. The lowest BCUT2D eigenvalue weighted by atomic mass is 10.1. The molecular formula is C28H45NO9. The van der Waals surface area contributed by atoms with Gasteiger partial charge in [0.15, 0.2) is 0 Å². The van der Waals surface area contributed by atoms with E-state index in [1.165, 1.54) is 24.2 Å². The van der Waals surface area contributed by atoms with Gasteiger partial charge in [-0.2, -0.15) is 0 Å². The lowest BCUT2D eigenvalue weighted by Crippen LogP contribution is -2.33. The fourth-order valence-corrected chi connectivity index (χ4v) is 3.65. The van der Waals surface area contributed by atoms with Crippen LogP contribution in [0.4, 0.5) is 0 Å². The summed E-state index contributed by atoms with van der Waals surface area (Å²) >= 11 is 0. The smallest absolute Gasteiger partial charge is 0.261 e. The highest BCUT2D eigenvalue weighted by molar-refractivity contribution is 6.21. The number of ether oxygens (including phenoxy) is 7. The Balaban J connectivity index is 1.24. The van der Waals surface area contributed by atoms with E-state index >= 15 is 0 Å². The topological polar surface area (TPSA) is 102 Å². The van der Waals surface area contributed by atoms with E-state index in [0.29, 0.717) is 90.4 Å². The second-order valence-corrected chi connectivity index (χ2v) is 8.65. The first-order valence-corrected chi connectivity index (χ1v) is 13.7. The summed E-state index contributed by atoms with van der Waals surface area (Å²) in [6, 6.07) is 6.84. The molecule has 0 radical (unpaired) electrons. The summed E-state index contributed by atoms with van der Waals surface area (Å²) in [7, 11) is 0. The van der Waals surface area contributed by atoms with Gasteiger partial charge in [-0.05, 0) is 18.6 Å². The van der Waals surface area contributed by atoms with Crippen LogP contribution < -0.4 is 0 Å². The molecule has 1 aliphatic heterocycles. The Morgan fingerprint density at radius 2 is 0.868 bits per heavy atom. The van der Waals surface area contributed by atoms with Crippen LogP contribution in [0.5, 0.6) is 0 Å². The molecular weight excluding hydrogens is 494 g/mol. The Labute approximate surface area is 226 Å². The summed E-state index contributed by atoms with van der Waals surface area (Å²) in [5.74, 6) is -0.539. The highest BCUT2D eigenvalue weighted by Gasteiger charge is 2.34. The van der Waals surface area contributed by atoms with E-state index in [9.17, 15) is 9.59 Å². The van der Waals surface area contributed by atoms with E-state index < -0.39 is 0 Å². The molecule has 38 heavy (non-hydrogen) atoms. The van der Waals surface area contributed by atoms with Crippen molar-refractivity contribution in [2.45, 2.75) is 32.6 Å². The molecule has 0 bridgehead atoms. The predicted molar refractivity (Wildman–Crippen MR) is 142 cm³/mol. The standard InChI is InChI=1S/C28H45NO9/c1-2-3-4-7-11-32-13-15-34-17-19-36-21-23-38-24-22-37-20-18-35-16-14-33-12-10-29-27(30)25-8-5-6-9-26(25)28(29)31/h5-6,8-9H,2-4,7,10-24H2,1H3. The molecule has 0 aliphatic carbocycles. The van der Waals surface area contributed by atoms with Gasteiger partial charge in [-0.1, -0.05) is 38.3 Å². The molecule has 0 unspecified atom stereocenters. The molecule has 1 aromatic carbocycles. The average Bonchev–Trinajstić information content (AvgIpc) is 3.18. The Morgan fingerprint density at radius 3 is 1.26 bits per heavy atom. The van der Waals surface area contributed by atoms with Crippen molar-refractivity contribution in [1.29, 1.82) is 0 Å². The van der Waals surface area contributed by atoms with Crippen LogP contribution >= 0.6 is 0 Å². The molecule has 0 N–H and O–H groups in total. The van der Waals surface area contributed by atoms with Crippen LogP contribution in [0.1, 0.15) is 53.3 Å². The maximum atomic E-state index is 12.3. The molecule has 2 amide bonds. The van der Waals surface area contributed by atoms with Crippen LogP contribution in [0.3, 0.4) is 0 Å². The van der Waals surface area contributed by atoms with Crippen molar-refractivity contribution in [3.63, 3.8) is 0 Å². The van der Waals surface area contributed by atoms with Gasteiger partial charge in [0.25, 0.3) is 11.8 Å². The molecule has 10 heteroatoms. The Bertz CT molecular complexity index is 727. The van der Waals surface area contributed by atoms with E-state index in [4.69, 9.17) is 33.2 Å². The van der Waals surface area contributed by atoms with Gasteiger partial charge in [-0.3, -0.25) is 14.5 Å². The molecule has 0 fully saturated rings. The zero-order valence-electron chi connectivity index (χ0n) is 22.9. The van der Waals surface area contributed by atoms with Crippen molar-refractivity contribution in [2.24, 2.45) is 0 Å². The molecule has 216 valence electrons. The molecule has 1 aromatic rings. The van der Waals surface area contributed by atoms with Crippen molar-refractivity contribution in [2.75, 3.05) is 99.0 Å². The van der Waals surface area contributed by atoms with Crippen LogP contribution in [-0.4, -0.2) is 116 Å². The summed E-state index contributed by atoms with van der Waals surface area (Å²) in [4.78, 5) is 25.7. The SMILES string of the molecule is CCCCCCOCCOCCOCCOCCOCCOCCOCCN1C(=O)c2ccccc2C1=O. The van der Waals surface area contributed by atoms with Gasteiger partial charge in [0, 0.05) is 6.61 Å². The van der Waals surface area contributed by atoms with Crippen LogP contribution in [0, 0.1) is 0 Å². The fourth-order valence-electron chi connectivity index (χ4n) is 3.65. The Morgan fingerprint density at radius 1 is 0.500 bits per heavy atom. The molecule has 0 saturated carbocycles. The van der Waals surface area contributed by atoms with Crippen molar-refractivity contribution < 1.29 is 42.7 Å². The fraction of sp³-hybridized carbons (Fsp3) is 0.714. The van der Waals surface area contributed by atoms with Crippen LogP contribution in [-0.2, 0) is 33.2 Å². The molecule has 0 saturated heterocycles. The quantitative estimate of drug-likeness (QED) is 0.130. The zero-order valence-corrected chi connectivity index (χ0v) is 22.9. The Kier molecular flexibility index (Phi) is 18.7. The number of rotatable bonds is 26. The van der Waals surface area contributed by atoms with E-state index in [-0.39, 0.29) is 25.0 Å².